The molecule has 3 aromatic rings. The lowest BCUT2D eigenvalue weighted by Crippen LogP contribution is -2.30. The molecular formula is C21H27N5O3S2. The summed E-state index contributed by atoms with van der Waals surface area (Å²) in [5, 5.41) is 11.6. The van der Waals surface area contributed by atoms with Crippen LogP contribution in [0.5, 0.6) is 0 Å². The summed E-state index contributed by atoms with van der Waals surface area (Å²) in [7, 11) is -3.59. The molecule has 2 aromatic heterocycles. The second kappa shape index (κ2) is 10.3. The van der Waals surface area contributed by atoms with E-state index < -0.39 is 10.0 Å². The van der Waals surface area contributed by atoms with Gasteiger partial charge in [-0.2, -0.15) is 4.31 Å². The van der Waals surface area contributed by atoms with Crippen molar-refractivity contribution in [3.05, 3.63) is 53.7 Å². The van der Waals surface area contributed by atoms with Crippen LogP contribution in [0.4, 0.5) is 0 Å². The van der Waals surface area contributed by atoms with Crippen LogP contribution < -0.4 is 5.32 Å². The van der Waals surface area contributed by atoms with Gasteiger partial charge in [0.25, 0.3) is 0 Å². The number of rotatable bonds is 10. The van der Waals surface area contributed by atoms with E-state index in [1.165, 1.54) is 39.5 Å². The van der Waals surface area contributed by atoms with Crippen LogP contribution in [0, 0.1) is 6.92 Å². The van der Waals surface area contributed by atoms with Gasteiger partial charge >= 0.3 is 0 Å². The molecule has 8 nitrogen and oxygen atoms in total. The summed E-state index contributed by atoms with van der Waals surface area (Å²) in [6.45, 7) is 7.00. The number of aromatic nitrogens is 3. The minimum absolute atomic E-state index is 0.109. The van der Waals surface area contributed by atoms with Gasteiger partial charge in [0, 0.05) is 25.8 Å². The molecular weight excluding hydrogens is 434 g/mol. The zero-order valence-corrected chi connectivity index (χ0v) is 19.5. The van der Waals surface area contributed by atoms with Crippen LogP contribution >= 0.6 is 11.8 Å². The minimum Gasteiger partial charge on any atom is -0.355 e. The molecule has 0 aliphatic carbocycles. The van der Waals surface area contributed by atoms with Gasteiger partial charge in [-0.3, -0.25) is 9.20 Å². The minimum atomic E-state index is -3.59. The molecule has 0 bridgehead atoms. The summed E-state index contributed by atoms with van der Waals surface area (Å²) in [4.78, 5) is 12.4. The van der Waals surface area contributed by atoms with Crippen molar-refractivity contribution in [2.24, 2.45) is 0 Å². The van der Waals surface area contributed by atoms with Crippen molar-refractivity contribution >= 4 is 33.3 Å². The molecule has 0 spiro atoms. The molecule has 1 amide bonds. The van der Waals surface area contributed by atoms with Gasteiger partial charge in [0.05, 0.1) is 10.6 Å². The molecule has 0 saturated heterocycles. The lowest BCUT2D eigenvalue weighted by atomic mass is 10.1. The zero-order valence-electron chi connectivity index (χ0n) is 17.9. The fourth-order valence-corrected chi connectivity index (χ4v) is 5.42. The molecule has 0 aliphatic heterocycles. The quantitative estimate of drug-likeness (QED) is 0.466. The van der Waals surface area contributed by atoms with E-state index in [4.69, 9.17) is 0 Å². The van der Waals surface area contributed by atoms with E-state index >= 15 is 0 Å². The molecule has 0 fully saturated rings. The van der Waals surface area contributed by atoms with E-state index in [0.29, 0.717) is 30.4 Å². The van der Waals surface area contributed by atoms with Crippen LogP contribution in [-0.2, 0) is 21.2 Å². The highest BCUT2D eigenvalue weighted by atomic mass is 32.2. The van der Waals surface area contributed by atoms with Gasteiger partial charge in [-0.05, 0) is 36.6 Å². The van der Waals surface area contributed by atoms with Crippen LogP contribution in [-0.4, -0.2) is 58.6 Å². The summed E-state index contributed by atoms with van der Waals surface area (Å²) < 4.78 is 28.6. The number of sulfonamides is 1. The topological polar surface area (TPSA) is 96.7 Å². The maximum Gasteiger partial charge on any atom is 0.244 e. The molecule has 1 aromatic carbocycles. The van der Waals surface area contributed by atoms with E-state index in [0.717, 1.165) is 6.42 Å². The Morgan fingerprint density at radius 2 is 1.87 bits per heavy atom. The molecule has 10 heteroatoms. The van der Waals surface area contributed by atoms with Crippen molar-refractivity contribution < 1.29 is 13.2 Å². The summed E-state index contributed by atoms with van der Waals surface area (Å²) in [6, 6.07) is 11.3. The fraction of sp³-hybridized carbons (Fsp3) is 0.381. The zero-order chi connectivity index (χ0) is 22.4. The number of aryl methyl sites for hydroxylation is 1. The summed E-state index contributed by atoms with van der Waals surface area (Å²) in [5.74, 6) is 0.0592. The number of nitrogens with one attached hydrogen (secondary N) is 1. The van der Waals surface area contributed by atoms with Crippen molar-refractivity contribution in [1.82, 2.24) is 24.2 Å². The second-order valence-corrected chi connectivity index (χ2v) is 9.86. The highest BCUT2D eigenvalue weighted by Crippen LogP contribution is 2.21. The number of nitrogens with zero attached hydrogens (tertiary/aromatic N) is 4. The number of thioether (sulfide) groups is 1. The van der Waals surface area contributed by atoms with E-state index in [1.54, 1.807) is 24.3 Å². The van der Waals surface area contributed by atoms with Gasteiger partial charge < -0.3 is 5.32 Å². The SMILES string of the molecule is CCN(CC)S(=O)(=O)c1ccc2nnc(SCC(=O)NCCc3ccccc3C)n2c1. The van der Waals surface area contributed by atoms with Gasteiger partial charge in [0.15, 0.2) is 10.8 Å². The highest BCUT2D eigenvalue weighted by molar-refractivity contribution is 7.99. The van der Waals surface area contributed by atoms with Crippen molar-refractivity contribution in [3.8, 4) is 0 Å². The van der Waals surface area contributed by atoms with Gasteiger partial charge in [-0.1, -0.05) is 49.9 Å². The van der Waals surface area contributed by atoms with Gasteiger partial charge in [0.2, 0.25) is 15.9 Å². The van der Waals surface area contributed by atoms with Crippen LogP contribution in [0.2, 0.25) is 0 Å². The molecule has 31 heavy (non-hydrogen) atoms. The standard InChI is InChI=1S/C21H27N5O3S2/c1-4-25(5-2)31(28,29)18-10-11-19-23-24-21(26(19)14-18)30-15-20(27)22-13-12-17-9-7-6-8-16(17)3/h6-11,14H,4-5,12-13,15H2,1-3H3,(H,22,27). The molecule has 0 saturated carbocycles. The molecule has 0 aliphatic rings. The average Bonchev–Trinajstić information content (AvgIpc) is 3.16. The van der Waals surface area contributed by atoms with Crippen molar-refractivity contribution in [2.75, 3.05) is 25.4 Å². The molecule has 0 atom stereocenters. The number of carbonyl (C=O) groups excluding carboxylic acids is 1. The molecule has 2 heterocycles. The van der Waals surface area contributed by atoms with Gasteiger partial charge in [-0.25, -0.2) is 8.42 Å². The predicted octanol–water partition coefficient (Wildman–Crippen LogP) is 2.52. The van der Waals surface area contributed by atoms with Crippen molar-refractivity contribution in [2.45, 2.75) is 37.2 Å². The van der Waals surface area contributed by atoms with E-state index in [2.05, 4.69) is 34.6 Å². The average molecular weight is 462 g/mol. The summed E-state index contributed by atoms with van der Waals surface area (Å²) in [5.41, 5.74) is 2.94. The predicted molar refractivity (Wildman–Crippen MR) is 122 cm³/mol. The number of pyridine rings is 1. The Labute approximate surface area is 187 Å². The van der Waals surface area contributed by atoms with Crippen LogP contribution in [0.25, 0.3) is 5.65 Å². The summed E-state index contributed by atoms with van der Waals surface area (Å²) in [6.07, 6.45) is 2.28. The highest BCUT2D eigenvalue weighted by Gasteiger charge is 2.23. The molecule has 3 rings (SSSR count). The number of hydrogen-bond acceptors (Lipinski definition) is 6. The van der Waals surface area contributed by atoms with Crippen molar-refractivity contribution in [1.29, 1.82) is 0 Å². The lowest BCUT2D eigenvalue weighted by molar-refractivity contribution is -0.118. The lowest BCUT2D eigenvalue weighted by Gasteiger charge is -2.18. The number of fused-ring (bicyclic) bond motifs is 1. The van der Waals surface area contributed by atoms with E-state index in [-0.39, 0.29) is 16.6 Å². The van der Waals surface area contributed by atoms with Gasteiger partial charge in [-0.15, -0.1) is 10.2 Å². The Balaban J connectivity index is 1.64. The normalized spacial score (nSPS) is 11.9. The first-order valence-corrected chi connectivity index (χ1v) is 12.6. The van der Waals surface area contributed by atoms with Crippen LogP contribution in [0.15, 0.2) is 52.6 Å². The fourth-order valence-electron chi connectivity index (χ4n) is 3.22. The van der Waals surface area contributed by atoms with Crippen LogP contribution in [0.1, 0.15) is 25.0 Å². The Bertz CT molecular complexity index is 1160. The Morgan fingerprint density at radius 3 is 2.58 bits per heavy atom. The first-order chi connectivity index (χ1) is 14.9. The first-order valence-electron chi connectivity index (χ1n) is 10.2. The Hall–Kier alpha value is -2.43. The van der Waals surface area contributed by atoms with E-state index in [9.17, 15) is 13.2 Å². The van der Waals surface area contributed by atoms with Crippen molar-refractivity contribution in [3.63, 3.8) is 0 Å². The van der Waals surface area contributed by atoms with Crippen LogP contribution in [0.3, 0.4) is 0 Å². The second-order valence-electron chi connectivity index (χ2n) is 6.98. The molecule has 1 N–H and O–H groups in total. The summed E-state index contributed by atoms with van der Waals surface area (Å²) >= 11 is 1.22. The monoisotopic (exact) mass is 461 g/mol. The first kappa shape index (κ1) is 23.2. The third kappa shape index (κ3) is 5.44. The largest absolute Gasteiger partial charge is 0.355 e. The third-order valence-electron chi connectivity index (χ3n) is 5.00. The molecule has 166 valence electrons. The maximum atomic E-state index is 12.8. The Morgan fingerprint density at radius 1 is 1.13 bits per heavy atom. The Kier molecular flexibility index (Phi) is 7.69. The third-order valence-corrected chi connectivity index (χ3v) is 7.97. The number of amides is 1. The maximum absolute atomic E-state index is 12.8. The number of benzene rings is 1. The molecule has 0 radical (unpaired) electrons. The van der Waals surface area contributed by atoms with Gasteiger partial charge in [0.1, 0.15) is 0 Å². The molecule has 0 unspecified atom stereocenters. The number of hydrogen-bond donors (Lipinski definition) is 1. The van der Waals surface area contributed by atoms with E-state index in [1.807, 2.05) is 12.1 Å². The number of carbonyl (C=O) groups is 1. The smallest absolute Gasteiger partial charge is 0.244 e.